The summed E-state index contributed by atoms with van der Waals surface area (Å²) in [5.74, 6) is 0.253. The molecule has 0 bridgehead atoms. The van der Waals surface area contributed by atoms with Crippen molar-refractivity contribution < 1.29 is 18.7 Å². The highest BCUT2D eigenvalue weighted by Gasteiger charge is 2.34. The molecule has 5 rings (SSSR count). The lowest BCUT2D eigenvalue weighted by atomic mass is 10.0. The molecular formula is C27H24N6O4. The molecule has 0 spiro atoms. The van der Waals surface area contributed by atoms with Crippen molar-refractivity contribution in [2.75, 3.05) is 12.0 Å². The van der Waals surface area contributed by atoms with E-state index in [1.54, 1.807) is 60.9 Å². The van der Waals surface area contributed by atoms with E-state index in [9.17, 15) is 9.59 Å². The van der Waals surface area contributed by atoms with E-state index in [4.69, 9.17) is 9.15 Å². The summed E-state index contributed by atoms with van der Waals surface area (Å²) >= 11 is 0. The average Bonchev–Trinajstić information content (AvgIpc) is 3.61. The number of hydrogen-bond acceptors (Lipinski definition) is 7. The third-order valence-corrected chi connectivity index (χ3v) is 5.86. The van der Waals surface area contributed by atoms with Crippen LogP contribution in [0.5, 0.6) is 5.75 Å². The lowest BCUT2D eigenvalue weighted by Crippen LogP contribution is -2.45. The average molecular weight is 497 g/mol. The molecule has 186 valence electrons. The van der Waals surface area contributed by atoms with E-state index in [1.165, 1.54) is 23.0 Å². The zero-order valence-corrected chi connectivity index (χ0v) is 20.0. The van der Waals surface area contributed by atoms with Gasteiger partial charge in [-0.25, -0.2) is 4.68 Å². The van der Waals surface area contributed by atoms with Gasteiger partial charge in [0.05, 0.1) is 31.1 Å². The fourth-order valence-corrected chi connectivity index (χ4v) is 4.13. The van der Waals surface area contributed by atoms with Crippen molar-refractivity contribution in [2.45, 2.75) is 19.1 Å². The SMILES string of the molecule is COc1ccccc1N(C(=O)Cn1nnc2ccccc21)[C@H](C(=O)NCc1ccco1)c1ccncc1. The van der Waals surface area contributed by atoms with E-state index in [0.717, 1.165) is 0 Å². The monoisotopic (exact) mass is 496 g/mol. The Morgan fingerprint density at radius 1 is 1.03 bits per heavy atom. The number of rotatable bonds is 9. The smallest absolute Gasteiger partial charge is 0.249 e. The molecule has 0 saturated heterocycles. The number of hydrogen-bond donors (Lipinski definition) is 1. The quantitative estimate of drug-likeness (QED) is 0.332. The Kier molecular flexibility index (Phi) is 6.89. The number of benzene rings is 2. The Balaban J connectivity index is 1.57. The molecule has 0 fully saturated rings. The molecule has 5 aromatic rings. The zero-order valence-electron chi connectivity index (χ0n) is 20.0. The Hall–Kier alpha value is -4.99. The van der Waals surface area contributed by atoms with E-state index in [-0.39, 0.29) is 19.0 Å². The second-order valence-electron chi connectivity index (χ2n) is 8.15. The minimum absolute atomic E-state index is 0.147. The number of furan rings is 1. The van der Waals surface area contributed by atoms with E-state index >= 15 is 0 Å². The lowest BCUT2D eigenvalue weighted by Gasteiger charge is -2.32. The van der Waals surface area contributed by atoms with Gasteiger partial charge in [-0.1, -0.05) is 29.5 Å². The van der Waals surface area contributed by atoms with Gasteiger partial charge in [0.25, 0.3) is 0 Å². The molecule has 0 aliphatic heterocycles. The van der Waals surface area contributed by atoms with Crippen LogP contribution in [-0.4, -0.2) is 38.9 Å². The predicted molar refractivity (Wildman–Crippen MR) is 136 cm³/mol. The summed E-state index contributed by atoms with van der Waals surface area (Å²) in [6.07, 6.45) is 4.70. The Bertz CT molecular complexity index is 1500. The van der Waals surface area contributed by atoms with Crippen molar-refractivity contribution in [3.8, 4) is 5.75 Å². The van der Waals surface area contributed by atoms with Crippen LogP contribution in [0.25, 0.3) is 11.0 Å². The summed E-state index contributed by atoms with van der Waals surface area (Å²) in [5.41, 5.74) is 2.39. The molecular weight excluding hydrogens is 472 g/mol. The van der Waals surface area contributed by atoms with Crippen LogP contribution in [0.3, 0.4) is 0 Å². The van der Waals surface area contributed by atoms with Gasteiger partial charge in [0.1, 0.15) is 29.6 Å². The minimum Gasteiger partial charge on any atom is -0.495 e. The maximum Gasteiger partial charge on any atom is 0.249 e. The van der Waals surface area contributed by atoms with Gasteiger partial charge in [-0.2, -0.15) is 0 Å². The first kappa shape index (κ1) is 23.7. The molecule has 1 atom stereocenters. The number of fused-ring (bicyclic) bond motifs is 1. The van der Waals surface area contributed by atoms with Crippen LogP contribution in [0, 0.1) is 0 Å². The van der Waals surface area contributed by atoms with Crippen LogP contribution in [0.1, 0.15) is 17.4 Å². The third-order valence-electron chi connectivity index (χ3n) is 5.86. The molecule has 10 nitrogen and oxygen atoms in total. The van der Waals surface area contributed by atoms with E-state index < -0.39 is 11.9 Å². The van der Waals surface area contributed by atoms with Gasteiger partial charge in [-0.3, -0.25) is 19.5 Å². The van der Waals surface area contributed by atoms with Crippen LogP contribution >= 0.6 is 0 Å². The van der Waals surface area contributed by atoms with Crippen molar-refractivity contribution in [1.29, 1.82) is 0 Å². The number of methoxy groups -OCH3 is 1. The molecule has 0 aliphatic rings. The fraction of sp³-hybridized carbons (Fsp3) is 0.148. The topological polar surface area (TPSA) is 115 Å². The maximum absolute atomic E-state index is 14.0. The highest BCUT2D eigenvalue weighted by molar-refractivity contribution is 6.02. The summed E-state index contributed by atoms with van der Waals surface area (Å²) in [5, 5.41) is 11.2. The number of anilines is 1. The first-order valence-electron chi connectivity index (χ1n) is 11.6. The molecule has 2 aromatic carbocycles. The van der Waals surface area contributed by atoms with Gasteiger partial charge in [0.15, 0.2) is 0 Å². The second kappa shape index (κ2) is 10.7. The van der Waals surface area contributed by atoms with Crippen molar-refractivity contribution in [3.05, 3.63) is 103 Å². The van der Waals surface area contributed by atoms with E-state index in [0.29, 0.717) is 33.8 Å². The summed E-state index contributed by atoms with van der Waals surface area (Å²) in [6, 6.07) is 20.3. The first-order chi connectivity index (χ1) is 18.2. The predicted octanol–water partition coefficient (Wildman–Crippen LogP) is 3.52. The van der Waals surface area contributed by atoms with E-state index in [1.807, 2.05) is 24.3 Å². The van der Waals surface area contributed by atoms with Crippen LogP contribution < -0.4 is 15.0 Å². The maximum atomic E-state index is 14.0. The number of aromatic nitrogens is 4. The van der Waals surface area contributed by atoms with Gasteiger partial charge in [-0.15, -0.1) is 5.10 Å². The molecule has 10 heteroatoms. The van der Waals surface area contributed by atoms with Crippen LogP contribution in [0.2, 0.25) is 0 Å². The summed E-state index contributed by atoms with van der Waals surface area (Å²) in [4.78, 5) is 33.3. The molecule has 0 aliphatic carbocycles. The molecule has 37 heavy (non-hydrogen) atoms. The Morgan fingerprint density at radius 3 is 2.59 bits per heavy atom. The van der Waals surface area contributed by atoms with Crippen LogP contribution in [0.4, 0.5) is 5.69 Å². The van der Waals surface area contributed by atoms with E-state index in [2.05, 4.69) is 20.6 Å². The normalized spacial score (nSPS) is 11.7. The minimum atomic E-state index is -1.03. The van der Waals surface area contributed by atoms with Gasteiger partial charge in [-0.05, 0) is 54.1 Å². The number of nitrogens with one attached hydrogen (secondary N) is 1. The standard InChI is InChI=1S/C27H24N6O4/c1-36-24-11-5-4-10-23(24)33(25(34)18-32-22-9-3-2-8-21(22)30-31-32)26(19-12-14-28-15-13-19)27(35)29-17-20-7-6-16-37-20/h2-16,26H,17-18H2,1H3,(H,29,35)/t26-/m0/s1. The number of nitrogens with zero attached hydrogens (tertiary/aromatic N) is 5. The number of para-hydroxylation sites is 3. The van der Waals surface area contributed by atoms with Gasteiger partial charge >= 0.3 is 0 Å². The number of pyridine rings is 1. The van der Waals surface area contributed by atoms with Crippen molar-refractivity contribution in [2.24, 2.45) is 0 Å². The van der Waals surface area contributed by atoms with Crippen LogP contribution in [-0.2, 0) is 22.7 Å². The molecule has 2 amide bonds. The number of ether oxygens (including phenoxy) is 1. The van der Waals surface area contributed by atoms with Crippen LogP contribution in [0.15, 0.2) is 95.9 Å². The zero-order chi connectivity index (χ0) is 25.6. The van der Waals surface area contributed by atoms with Crippen molar-refractivity contribution >= 4 is 28.5 Å². The van der Waals surface area contributed by atoms with Gasteiger partial charge in [0.2, 0.25) is 11.8 Å². The Morgan fingerprint density at radius 2 is 1.81 bits per heavy atom. The molecule has 0 radical (unpaired) electrons. The highest BCUT2D eigenvalue weighted by Crippen LogP contribution is 2.35. The lowest BCUT2D eigenvalue weighted by molar-refractivity contribution is -0.127. The van der Waals surface area contributed by atoms with Crippen molar-refractivity contribution in [3.63, 3.8) is 0 Å². The summed E-state index contributed by atoms with van der Waals surface area (Å²) < 4.78 is 12.5. The van der Waals surface area contributed by atoms with Crippen molar-refractivity contribution in [1.82, 2.24) is 25.3 Å². The molecule has 3 aromatic heterocycles. The molecule has 1 N–H and O–H groups in total. The summed E-state index contributed by atoms with van der Waals surface area (Å²) in [7, 11) is 1.52. The summed E-state index contributed by atoms with van der Waals surface area (Å²) in [6.45, 7) is 0.0146. The fourth-order valence-electron chi connectivity index (χ4n) is 4.13. The second-order valence-corrected chi connectivity index (χ2v) is 8.15. The largest absolute Gasteiger partial charge is 0.495 e. The number of carbonyl (C=O) groups excluding carboxylic acids is 2. The molecule has 3 heterocycles. The first-order valence-corrected chi connectivity index (χ1v) is 11.6. The number of carbonyl (C=O) groups is 2. The van der Waals surface area contributed by atoms with Gasteiger partial charge < -0.3 is 14.5 Å². The highest BCUT2D eigenvalue weighted by atomic mass is 16.5. The van der Waals surface area contributed by atoms with Gasteiger partial charge in [0, 0.05) is 12.4 Å². The molecule has 0 saturated carbocycles. The number of amides is 2. The molecule has 0 unspecified atom stereocenters. The third kappa shape index (κ3) is 5.03. The Labute approximate surface area is 212 Å².